The first-order valence-electron chi connectivity index (χ1n) is 21.2. The summed E-state index contributed by atoms with van der Waals surface area (Å²) < 4.78 is 11.0. The first-order chi connectivity index (χ1) is 31.2. The molecule has 0 amide bonds. The molecule has 0 bridgehead atoms. The molecule has 4 aromatic heterocycles. The molecule has 63 heavy (non-hydrogen) atoms. The van der Waals surface area contributed by atoms with Crippen molar-refractivity contribution in [2.24, 2.45) is 0 Å². The molecule has 6 nitrogen and oxygen atoms in total. The van der Waals surface area contributed by atoms with Crippen molar-refractivity contribution in [2.75, 3.05) is 0 Å². The van der Waals surface area contributed by atoms with E-state index < -0.39 is 0 Å². The molecule has 0 spiro atoms. The number of nitrogens with zero attached hydrogens (tertiary/aromatic N) is 5. The maximum Gasteiger partial charge on any atom is 0.164 e. The van der Waals surface area contributed by atoms with E-state index in [2.05, 4.69) is 173 Å². The summed E-state index contributed by atoms with van der Waals surface area (Å²) in [4.78, 5) is 15.8. The van der Waals surface area contributed by atoms with E-state index in [1.165, 1.54) is 21.8 Å². The Morgan fingerprint density at radius 3 is 1.51 bits per heavy atom. The fourth-order valence-corrected chi connectivity index (χ4v) is 9.59. The van der Waals surface area contributed by atoms with Gasteiger partial charge in [-0.15, -0.1) is 0 Å². The lowest BCUT2D eigenvalue weighted by Gasteiger charge is -2.11. The zero-order valence-electron chi connectivity index (χ0n) is 33.9. The van der Waals surface area contributed by atoms with Crippen molar-refractivity contribution in [1.82, 2.24) is 24.1 Å². The van der Waals surface area contributed by atoms with Crippen molar-refractivity contribution < 1.29 is 4.42 Å². The quantitative estimate of drug-likeness (QED) is 0.168. The Morgan fingerprint density at radius 2 is 0.794 bits per heavy atom. The molecule has 0 saturated heterocycles. The minimum Gasteiger partial charge on any atom is -0.456 e. The summed E-state index contributed by atoms with van der Waals surface area (Å²) in [5.74, 6) is 1.79. The Hall–Kier alpha value is -8.61. The first kappa shape index (κ1) is 35.2. The summed E-state index contributed by atoms with van der Waals surface area (Å²) in [5.41, 5.74) is 13.4. The number of benzene rings is 9. The molecule has 0 aliphatic rings. The van der Waals surface area contributed by atoms with Gasteiger partial charge in [0.25, 0.3) is 0 Å². The van der Waals surface area contributed by atoms with E-state index >= 15 is 0 Å². The van der Waals surface area contributed by atoms with Crippen LogP contribution in [-0.2, 0) is 0 Å². The number of fused-ring (bicyclic) bond motifs is 9. The van der Waals surface area contributed by atoms with Gasteiger partial charge in [0.2, 0.25) is 0 Å². The Balaban J connectivity index is 1.07. The van der Waals surface area contributed by atoms with Gasteiger partial charge in [0.05, 0.1) is 22.1 Å². The van der Waals surface area contributed by atoms with Crippen molar-refractivity contribution >= 4 is 65.6 Å². The number of hydrogen-bond donors (Lipinski definition) is 0. The number of rotatable bonds is 6. The molecule has 0 radical (unpaired) electrons. The van der Waals surface area contributed by atoms with Gasteiger partial charge in [-0.2, -0.15) is 0 Å². The monoisotopic (exact) mass is 805 g/mol. The summed E-state index contributed by atoms with van der Waals surface area (Å²) in [7, 11) is 0. The normalized spacial score (nSPS) is 11.8. The predicted octanol–water partition coefficient (Wildman–Crippen LogP) is 14.6. The zero-order valence-corrected chi connectivity index (χ0v) is 33.9. The highest BCUT2D eigenvalue weighted by Gasteiger charge is 2.22. The molecule has 6 heteroatoms. The van der Waals surface area contributed by atoms with E-state index in [9.17, 15) is 0 Å². The SMILES string of the molecule is c1ccc(-c2nc(-c3cccc4oc5ccccc5c34)nc(-c3cccc4c3c3cc(-c5ccc6c(c5)c5ccccc5n6-c5ccccc5)ccc3n4-c3ccccc3)n2)cc1. The third kappa shape index (κ3) is 5.55. The van der Waals surface area contributed by atoms with E-state index in [1.807, 2.05) is 48.5 Å². The van der Waals surface area contributed by atoms with Crippen LogP contribution < -0.4 is 0 Å². The van der Waals surface area contributed by atoms with E-state index in [1.54, 1.807) is 0 Å². The lowest BCUT2D eigenvalue weighted by molar-refractivity contribution is 0.669. The second-order valence-electron chi connectivity index (χ2n) is 16.0. The zero-order chi connectivity index (χ0) is 41.4. The van der Waals surface area contributed by atoms with Crippen molar-refractivity contribution in [3.05, 3.63) is 212 Å². The van der Waals surface area contributed by atoms with Crippen LogP contribution >= 0.6 is 0 Å². The molecule has 0 N–H and O–H groups in total. The van der Waals surface area contributed by atoms with Gasteiger partial charge in [-0.3, -0.25) is 0 Å². The van der Waals surface area contributed by atoms with E-state index in [-0.39, 0.29) is 0 Å². The largest absolute Gasteiger partial charge is 0.456 e. The van der Waals surface area contributed by atoms with Gasteiger partial charge in [-0.05, 0) is 83.9 Å². The Morgan fingerprint density at radius 1 is 0.302 bits per heavy atom. The number of hydrogen-bond acceptors (Lipinski definition) is 4. The first-order valence-corrected chi connectivity index (χ1v) is 21.2. The van der Waals surface area contributed by atoms with Crippen LogP contribution in [0.5, 0.6) is 0 Å². The van der Waals surface area contributed by atoms with Crippen LogP contribution in [0.2, 0.25) is 0 Å². The van der Waals surface area contributed by atoms with Gasteiger partial charge in [-0.25, -0.2) is 15.0 Å². The van der Waals surface area contributed by atoms with Crippen LogP contribution in [0.25, 0.3) is 122 Å². The third-order valence-corrected chi connectivity index (χ3v) is 12.4. The van der Waals surface area contributed by atoms with Gasteiger partial charge in [0.15, 0.2) is 17.5 Å². The summed E-state index contributed by atoms with van der Waals surface area (Å²) in [5, 5.41) is 6.63. The Labute approximate surface area is 361 Å². The molecular weight excluding hydrogens is 771 g/mol. The third-order valence-electron chi connectivity index (χ3n) is 12.4. The summed E-state index contributed by atoms with van der Waals surface area (Å²) in [6, 6.07) is 74.5. The lowest BCUT2D eigenvalue weighted by Crippen LogP contribution is -2.01. The van der Waals surface area contributed by atoms with Gasteiger partial charge >= 0.3 is 0 Å². The van der Waals surface area contributed by atoms with Gasteiger partial charge in [0, 0.05) is 60.4 Å². The number of furan rings is 1. The van der Waals surface area contributed by atoms with Crippen molar-refractivity contribution in [3.8, 4) is 56.7 Å². The van der Waals surface area contributed by atoms with Crippen molar-refractivity contribution in [3.63, 3.8) is 0 Å². The predicted molar refractivity (Wildman–Crippen MR) is 258 cm³/mol. The Bertz CT molecular complexity index is 3900. The number of para-hydroxylation sites is 4. The molecule has 0 saturated carbocycles. The molecule has 0 fully saturated rings. The average molecular weight is 806 g/mol. The lowest BCUT2D eigenvalue weighted by atomic mass is 9.99. The molecule has 9 aromatic carbocycles. The molecule has 13 aromatic rings. The van der Waals surface area contributed by atoms with Crippen LogP contribution in [0, 0.1) is 0 Å². The molecule has 294 valence electrons. The van der Waals surface area contributed by atoms with Crippen molar-refractivity contribution in [2.45, 2.75) is 0 Å². The van der Waals surface area contributed by atoms with Gasteiger partial charge in [0.1, 0.15) is 11.2 Å². The highest BCUT2D eigenvalue weighted by molar-refractivity contribution is 6.17. The van der Waals surface area contributed by atoms with E-state index in [0.717, 1.165) is 82.9 Å². The second kappa shape index (κ2) is 14.0. The van der Waals surface area contributed by atoms with Crippen LogP contribution in [0.1, 0.15) is 0 Å². The minimum atomic E-state index is 0.587. The van der Waals surface area contributed by atoms with E-state index in [0.29, 0.717) is 17.5 Å². The second-order valence-corrected chi connectivity index (χ2v) is 16.0. The molecular formula is C57H35N5O. The standard InChI is InChI=1S/C57H35N5O/c1-4-16-36(17-5-1)55-58-56(60-57(59-55)44-25-15-29-52-54(44)42-23-11-13-28-51(42)63-52)43-24-14-27-50-53(43)46-35-38(31-33-49(46)62(50)40-20-8-3-9-21-40)37-30-32-48-45(34-37)41-22-10-12-26-47(41)61(48)39-18-6-2-7-19-39/h1-35H. The molecule has 0 atom stereocenters. The molecule has 0 aliphatic heterocycles. The minimum absolute atomic E-state index is 0.587. The average Bonchev–Trinajstić information content (AvgIpc) is 4.02. The highest BCUT2D eigenvalue weighted by atomic mass is 16.3. The molecule has 4 heterocycles. The molecule has 0 unspecified atom stereocenters. The summed E-state index contributed by atoms with van der Waals surface area (Å²) in [6.45, 7) is 0. The Kier molecular flexibility index (Phi) is 7.80. The van der Waals surface area contributed by atoms with Gasteiger partial charge in [-0.1, -0.05) is 140 Å². The molecule has 13 rings (SSSR count). The summed E-state index contributed by atoms with van der Waals surface area (Å²) >= 11 is 0. The number of aromatic nitrogens is 5. The maximum atomic E-state index is 6.33. The van der Waals surface area contributed by atoms with Crippen LogP contribution in [0.3, 0.4) is 0 Å². The van der Waals surface area contributed by atoms with Crippen molar-refractivity contribution in [1.29, 1.82) is 0 Å². The fraction of sp³-hybridized carbons (Fsp3) is 0. The van der Waals surface area contributed by atoms with Crippen LogP contribution in [0.15, 0.2) is 217 Å². The fourth-order valence-electron chi connectivity index (χ4n) is 9.59. The van der Waals surface area contributed by atoms with Gasteiger partial charge < -0.3 is 13.6 Å². The highest BCUT2D eigenvalue weighted by Crippen LogP contribution is 2.42. The smallest absolute Gasteiger partial charge is 0.164 e. The van der Waals surface area contributed by atoms with E-state index in [4.69, 9.17) is 19.4 Å². The molecule has 0 aliphatic carbocycles. The van der Waals surface area contributed by atoms with Crippen LogP contribution in [-0.4, -0.2) is 24.1 Å². The topological polar surface area (TPSA) is 61.7 Å². The summed E-state index contributed by atoms with van der Waals surface area (Å²) in [6.07, 6.45) is 0. The maximum absolute atomic E-state index is 6.33. The van der Waals surface area contributed by atoms with Crippen LogP contribution in [0.4, 0.5) is 0 Å².